The Kier molecular flexibility index (Phi) is 6.63. The first kappa shape index (κ1) is 21.4. The van der Waals surface area contributed by atoms with E-state index >= 15 is 0 Å². The molecule has 152 valence electrons. The molecule has 0 radical (unpaired) electrons. The number of carbonyl (C=O) groups excluding carboxylic acids is 1. The van der Waals surface area contributed by atoms with Crippen molar-refractivity contribution in [2.45, 2.75) is 23.8 Å². The zero-order valence-corrected chi connectivity index (χ0v) is 18.3. The molecule has 1 aliphatic rings. The molecule has 3 rings (SSSR count). The van der Waals surface area contributed by atoms with Gasteiger partial charge in [-0.2, -0.15) is 4.72 Å². The van der Waals surface area contributed by atoms with Gasteiger partial charge in [-0.05, 0) is 49.2 Å². The van der Waals surface area contributed by atoms with E-state index in [1.165, 1.54) is 12.1 Å². The largest absolute Gasteiger partial charge is 0.496 e. The summed E-state index contributed by atoms with van der Waals surface area (Å²) in [5.74, 6) is 2.73. The van der Waals surface area contributed by atoms with Crippen molar-refractivity contribution in [1.82, 2.24) is 9.62 Å². The third-order valence-corrected chi connectivity index (χ3v) is 6.71. The number of carbonyl (C=O) groups is 1. The number of terminal acetylenes is 1. The molecule has 1 heterocycles. The Morgan fingerprint density at radius 1 is 1.34 bits per heavy atom. The van der Waals surface area contributed by atoms with E-state index in [0.29, 0.717) is 17.9 Å². The van der Waals surface area contributed by atoms with E-state index in [4.69, 9.17) is 11.2 Å². The number of sulfonamides is 1. The van der Waals surface area contributed by atoms with Crippen molar-refractivity contribution in [3.8, 4) is 18.1 Å². The lowest BCUT2D eigenvalue weighted by atomic mass is 10.0. The molecule has 1 amide bonds. The Morgan fingerprint density at radius 3 is 2.86 bits per heavy atom. The van der Waals surface area contributed by atoms with Crippen LogP contribution in [-0.4, -0.2) is 39.4 Å². The number of ether oxygens (including phenoxy) is 1. The van der Waals surface area contributed by atoms with Crippen molar-refractivity contribution in [3.05, 3.63) is 58.1 Å². The van der Waals surface area contributed by atoms with Crippen molar-refractivity contribution in [2.24, 2.45) is 0 Å². The second-order valence-electron chi connectivity index (χ2n) is 6.60. The Morgan fingerprint density at radius 2 is 2.14 bits per heavy atom. The number of amides is 1. The monoisotopic (exact) mass is 476 g/mol. The number of halogens is 1. The van der Waals surface area contributed by atoms with Crippen molar-refractivity contribution in [1.29, 1.82) is 0 Å². The van der Waals surface area contributed by atoms with Crippen molar-refractivity contribution >= 4 is 31.9 Å². The first-order valence-corrected chi connectivity index (χ1v) is 11.3. The van der Waals surface area contributed by atoms with E-state index in [1.54, 1.807) is 24.1 Å². The topological polar surface area (TPSA) is 75.7 Å². The quantitative estimate of drug-likeness (QED) is 0.648. The van der Waals surface area contributed by atoms with Gasteiger partial charge in [-0.1, -0.05) is 27.9 Å². The summed E-state index contributed by atoms with van der Waals surface area (Å²) in [5.41, 5.74) is 1.24. The first-order valence-electron chi connectivity index (χ1n) is 9.05. The molecule has 1 aliphatic heterocycles. The molecule has 1 N–H and O–H groups in total. The normalized spacial score (nSPS) is 16.4. The summed E-state index contributed by atoms with van der Waals surface area (Å²) in [5, 5.41) is 0. The number of hydrogen-bond acceptors (Lipinski definition) is 4. The fourth-order valence-electron chi connectivity index (χ4n) is 3.48. The van der Waals surface area contributed by atoms with Gasteiger partial charge in [0.1, 0.15) is 5.75 Å². The molecule has 29 heavy (non-hydrogen) atoms. The average Bonchev–Trinajstić information content (AvgIpc) is 3.21. The van der Waals surface area contributed by atoms with Crippen LogP contribution in [0.2, 0.25) is 0 Å². The van der Waals surface area contributed by atoms with Crippen LogP contribution in [0.5, 0.6) is 5.75 Å². The predicted molar refractivity (Wildman–Crippen MR) is 114 cm³/mol. The molecule has 1 unspecified atom stereocenters. The highest BCUT2D eigenvalue weighted by Crippen LogP contribution is 2.39. The van der Waals surface area contributed by atoms with E-state index < -0.39 is 10.0 Å². The zero-order valence-electron chi connectivity index (χ0n) is 15.9. The number of nitrogens with zero attached hydrogens (tertiary/aromatic N) is 1. The molecule has 8 heteroatoms. The lowest BCUT2D eigenvalue weighted by Crippen LogP contribution is -2.31. The van der Waals surface area contributed by atoms with Crippen LogP contribution in [0.1, 0.15) is 34.8 Å². The highest BCUT2D eigenvalue weighted by Gasteiger charge is 2.33. The smallest absolute Gasteiger partial charge is 0.254 e. The number of nitrogens with one attached hydrogen (secondary N) is 1. The van der Waals surface area contributed by atoms with Gasteiger partial charge in [0.2, 0.25) is 10.0 Å². The maximum absolute atomic E-state index is 13.2. The van der Waals surface area contributed by atoms with Crippen molar-refractivity contribution in [3.63, 3.8) is 0 Å². The highest BCUT2D eigenvalue weighted by atomic mass is 79.9. The lowest BCUT2D eigenvalue weighted by Gasteiger charge is -2.27. The second kappa shape index (κ2) is 8.99. The Hall–Kier alpha value is -2.34. The molecule has 0 aliphatic carbocycles. The minimum absolute atomic E-state index is 0.00869. The second-order valence-corrected chi connectivity index (χ2v) is 9.28. The number of hydrogen-bond donors (Lipinski definition) is 1. The highest BCUT2D eigenvalue weighted by molar-refractivity contribution is 9.10. The maximum Gasteiger partial charge on any atom is 0.254 e. The van der Waals surface area contributed by atoms with Gasteiger partial charge in [0.15, 0.2) is 0 Å². The summed E-state index contributed by atoms with van der Waals surface area (Å²) in [6, 6.07) is 11.6. The van der Waals surface area contributed by atoms with Gasteiger partial charge in [0.25, 0.3) is 5.91 Å². The lowest BCUT2D eigenvalue weighted by molar-refractivity contribution is 0.0734. The zero-order chi connectivity index (χ0) is 21.0. The molecule has 2 aromatic carbocycles. The fraction of sp³-hybridized carbons (Fsp3) is 0.286. The van der Waals surface area contributed by atoms with Gasteiger partial charge < -0.3 is 9.64 Å². The fourth-order valence-corrected chi connectivity index (χ4v) is 4.84. The van der Waals surface area contributed by atoms with Crippen LogP contribution < -0.4 is 9.46 Å². The van der Waals surface area contributed by atoms with Gasteiger partial charge in [0.05, 0.1) is 24.6 Å². The van der Waals surface area contributed by atoms with Crippen LogP contribution in [0.25, 0.3) is 0 Å². The third kappa shape index (κ3) is 4.64. The molecule has 1 atom stereocenters. The van der Waals surface area contributed by atoms with Crippen LogP contribution in [0.15, 0.2) is 51.8 Å². The summed E-state index contributed by atoms with van der Waals surface area (Å²) in [7, 11) is -2.17. The van der Waals surface area contributed by atoms with Gasteiger partial charge in [0, 0.05) is 22.1 Å². The predicted octanol–water partition coefficient (Wildman–Crippen LogP) is 3.35. The molecule has 0 saturated carbocycles. The summed E-state index contributed by atoms with van der Waals surface area (Å²) in [6.45, 7) is 0.475. The SMILES string of the molecule is C#CCNS(=O)(=O)c1cccc(C(=O)N2CCCC2c2cc(Br)ccc2OC)c1. The molecule has 6 nitrogen and oxygen atoms in total. The molecular formula is C21H21BrN2O4S. The summed E-state index contributed by atoms with van der Waals surface area (Å²) in [6.07, 6.45) is 6.79. The van der Waals surface area contributed by atoms with E-state index in [-0.39, 0.29) is 23.4 Å². The van der Waals surface area contributed by atoms with Gasteiger partial charge in [-0.3, -0.25) is 4.79 Å². The molecule has 1 fully saturated rings. The number of likely N-dealkylation sites (tertiary alicyclic amines) is 1. The average molecular weight is 477 g/mol. The molecular weight excluding hydrogens is 456 g/mol. The van der Waals surface area contributed by atoms with Crippen molar-refractivity contribution < 1.29 is 17.9 Å². The van der Waals surface area contributed by atoms with Crippen LogP contribution in [0.3, 0.4) is 0 Å². The van der Waals surface area contributed by atoms with Crippen LogP contribution in [0, 0.1) is 12.3 Å². The molecule has 1 saturated heterocycles. The van der Waals surface area contributed by atoms with Gasteiger partial charge >= 0.3 is 0 Å². The Labute approximate surface area is 179 Å². The third-order valence-electron chi connectivity index (χ3n) is 4.82. The number of rotatable bonds is 6. The Bertz CT molecular complexity index is 1060. The van der Waals surface area contributed by atoms with E-state index in [0.717, 1.165) is 22.9 Å². The van der Waals surface area contributed by atoms with Crippen LogP contribution >= 0.6 is 15.9 Å². The van der Waals surface area contributed by atoms with Crippen molar-refractivity contribution in [2.75, 3.05) is 20.2 Å². The van der Waals surface area contributed by atoms with E-state index in [2.05, 4.69) is 26.6 Å². The molecule has 0 spiro atoms. The standard InChI is InChI=1S/C21H21BrN2O4S/c1-3-11-23-29(26,27)17-7-4-6-15(13-17)21(25)24-12-5-8-19(24)18-14-16(22)9-10-20(18)28-2/h1,4,6-7,9-10,13-14,19,23H,5,8,11-12H2,2H3. The van der Waals surface area contributed by atoms with E-state index in [1.807, 2.05) is 18.2 Å². The first-order chi connectivity index (χ1) is 13.9. The van der Waals surface area contributed by atoms with Gasteiger partial charge in [-0.15, -0.1) is 6.42 Å². The number of benzene rings is 2. The minimum Gasteiger partial charge on any atom is -0.496 e. The number of methoxy groups -OCH3 is 1. The molecule has 2 aromatic rings. The van der Waals surface area contributed by atoms with Gasteiger partial charge in [-0.25, -0.2) is 8.42 Å². The minimum atomic E-state index is -3.77. The summed E-state index contributed by atoms with van der Waals surface area (Å²) in [4.78, 5) is 15.0. The molecule has 0 bridgehead atoms. The summed E-state index contributed by atoms with van der Waals surface area (Å²) < 4.78 is 33.4. The van der Waals surface area contributed by atoms with E-state index in [9.17, 15) is 13.2 Å². The Balaban J connectivity index is 1.92. The molecule has 0 aromatic heterocycles. The summed E-state index contributed by atoms with van der Waals surface area (Å²) >= 11 is 3.48. The maximum atomic E-state index is 13.2. The van der Waals surface area contributed by atoms with Crippen LogP contribution in [0.4, 0.5) is 0 Å². The van der Waals surface area contributed by atoms with Crippen LogP contribution in [-0.2, 0) is 10.0 Å².